The van der Waals surface area contributed by atoms with Crippen LogP contribution >= 0.6 is 0 Å². The molecule has 2 aliphatic heterocycles. The summed E-state index contributed by atoms with van der Waals surface area (Å²) in [7, 11) is 0. The van der Waals surface area contributed by atoms with Crippen molar-refractivity contribution < 1.29 is 9.47 Å². The molecule has 1 aromatic carbocycles. The first-order chi connectivity index (χ1) is 12.3. The third-order valence-corrected chi connectivity index (χ3v) is 6.91. The van der Waals surface area contributed by atoms with E-state index < -0.39 is 0 Å². The summed E-state index contributed by atoms with van der Waals surface area (Å²) >= 11 is 0. The fourth-order valence-electron chi connectivity index (χ4n) is 5.39. The third kappa shape index (κ3) is 3.27. The molecule has 2 saturated carbocycles. The second-order valence-electron chi connectivity index (χ2n) is 8.61. The summed E-state index contributed by atoms with van der Waals surface area (Å²) in [5.74, 6) is 1.46. The minimum absolute atomic E-state index is 0.209. The minimum Gasteiger partial charge on any atom is -0.348 e. The Morgan fingerprint density at radius 3 is 2.36 bits per heavy atom. The number of likely N-dealkylation sites (tertiary alicyclic amines) is 1. The summed E-state index contributed by atoms with van der Waals surface area (Å²) in [6.45, 7) is 4.12. The van der Waals surface area contributed by atoms with Gasteiger partial charge in [-0.05, 0) is 68.0 Å². The summed E-state index contributed by atoms with van der Waals surface area (Å²) in [6, 6.07) is 9.94. The topological polar surface area (TPSA) is 21.7 Å². The number of hydrogen-bond acceptors (Lipinski definition) is 3. The third-order valence-electron chi connectivity index (χ3n) is 6.91. The van der Waals surface area contributed by atoms with E-state index in [1.807, 2.05) is 0 Å². The van der Waals surface area contributed by atoms with E-state index in [0.717, 1.165) is 37.9 Å². The van der Waals surface area contributed by atoms with Crippen molar-refractivity contribution in [1.29, 1.82) is 0 Å². The highest BCUT2D eigenvalue weighted by Crippen LogP contribution is 2.46. The fourth-order valence-corrected chi connectivity index (χ4v) is 5.39. The van der Waals surface area contributed by atoms with Crippen LogP contribution in [0, 0.1) is 5.92 Å². The first kappa shape index (κ1) is 16.3. The van der Waals surface area contributed by atoms with Gasteiger partial charge in [0, 0.05) is 25.4 Å². The maximum atomic E-state index is 5.90. The van der Waals surface area contributed by atoms with Crippen LogP contribution in [0.3, 0.4) is 0 Å². The first-order valence-corrected chi connectivity index (χ1v) is 10.4. The van der Waals surface area contributed by atoms with Crippen LogP contribution < -0.4 is 0 Å². The van der Waals surface area contributed by atoms with Crippen molar-refractivity contribution in [3.05, 3.63) is 35.4 Å². The lowest BCUT2D eigenvalue weighted by Gasteiger charge is -2.38. The number of nitrogens with zero attached hydrogens (tertiary/aromatic N) is 1. The molecule has 5 rings (SSSR count). The molecule has 0 amide bonds. The van der Waals surface area contributed by atoms with Gasteiger partial charge >= 0.3 is 0 Å². The Labute approximate surface area is 151 Å². The highest BCUT2D eigenvalue weighted by Gasteiger charge is 2.41. The van der Waals surface area contributed by atoms with Gasteiger partial charge in [0.05, 0.1) is 13.2 Å². The van der Waals surface area contributed by atoms with Gasteiger partial charge in [0.25, 0.3) is 0 Å². The lowest BCUT2D eigenvalue weighted by Crippen LogP contribution is -2.38. The smallest absolute Gasteiger partial charge is 0.168 e. The van der Waals surface area contributed by atoms with E-state index in [2.05, 4.69) is 29.2 Å². The maximum absolute atomic E-state index is 5.90. The zero-order valence-electron chi connectivity index (χ0n) is 15.3. The van der Waals surface area contributed by atoms with E-state index in [1.165, 1.54) is 51.6 Å². The summed E-state index contributed by atoms with van der Waals surface area (Å²) < 4.78 is 11.8. The Hall–Kier alpha value is -0.900. The van der Waals surface area contributed by atoms with E-state index in [9.17, 15) is 0 Å². The number of hydrogen-bond donors (Lipinski definition) is 0. The van der Waals surface area contributed by atoms with Gasteiger partial charge in [-0.25, -0.2) is 0 Å². The van der Waals surface area contributed by atoms with Gasteiger partial charge in [0.2, 0.25) is 0 Å². The predicted molar refractivity (Wildman–Crippen MR) is 98.6 cm³/mol. The van der Waals surface area contributed by atoms with Crippen LogP contribution in [-0.2, 0) is 9.47 Å². The van der Waals surface area contributed by atoms with Crippen LogP contribution in [0.4, 0.5) is 0 Å². The van der Waals surface area contributed by atoms with Crippen molar-refractivity contribution in [2.24, 2.45) is 5.92 Å². The van der Waals surface area contributed by atoms with E-state index in [1.54, 1.807) is 11.1 Å². The average Bonchev–Trinajstić information content (AvgIpc) is 3.23. The summed E-state index contributed by atoms with van der Waals surface area (Å²) in [5, 5.41) is 0. The van der Waals surface area contributed by atoms with Crippen molar-refractivity contribution in [2.45, 2.75) is 69.1 Å². The Balaban J connectivity index is 1.25. The Morgan fingerprint density at radius 2 is 1.64 bits per heavy atom. The molecule has 25 heavy (non-hydrogen) atoms. The molecule has 0 N–H and O–H groups in total. The zero-order chi connectivity index (χ0) is 16.7. The van der Waals surface area contributed by atoms with E-state index in [-0.39, 0.29) is 5.79 Å². The van der Waals surface area contributed by atoms with Crippen molar-refractivity contribution >= 4 is 0 Å². The van der Waals surface area contributed by atoms with Crippen LogP contribution in [0.15, 0.2) is 24.3 Å². The molecule has 4 aliphatic rings. The summed E-state index contributed by atoms with van der Waals surface area (Å²) in [5.41, 5.74) is 3.28. The molecule has 4 fully saturated rings. The van der Waals surface area contributed by atoms with E-state index >= 15 is 0 Å². The van der Waals surface area contributed by atoms with Gasteiger partial charge in [-0.15, -0.1) is 0 Å². The molecule has 0 aromatic heterocycles. The predicted octanol–water partition coefficient (Wildman–Crippen LogP) is 4.63. The molecule has 1 spiro atoms. The molecule has 1 atom stereocenters. The SMILES string of the molecule is c1ccc(C2CCCN2CC2CCC3(CC2)OCCO3)c(C2CC2)c1. The molecule has 0 bridgehead atoms. The van der Waals surface area contributed by atoms with Crippen LogP contribution in [0.5, 0.6) is 0 Å². The van der Waals surface area contributed by atoms with Gasteiger partial charge in [-0.1, -0.05) is 24.3 Å². The molecular weight excluding hydrogens is 310 g/mol. The molecule has 0 radical (unpaired) electrons. The van der Waals surface area contributed by atoms with E-state index in [4.69, 9.17) is 9.47 Å². The zero-order valence-corrected chi connectivity index (χ0v) is 15.3. The van der Waals surface area contributed by atoms with Crippen LogP contribution in [0.25, 0.3) is 0 Å². The second-order valence-corrected chi connectivity index (χ2v) is 8.61. The molecule has 2 saturated heterocycles. The van der Waals surface area contributed by atoms with Gasteiger partial charge in [0.15, 0.2) is 5.79 Å². The van der Waals surface area contributed by atoms with Gasteiger partial charge in [-0.3, -0.25) is 4.90 Å². The van der Waals surface area contributed by atoms with Crippen LogP contribution in [0.1, 0.15) is 74.5 Å². The normalized spacial score (nSPS) is 30.3. The molecule has 1 aromatic rings. The Kier molecular flexibility index (Phi) is 4.35. The number of ether oxygens (including phenoxy) is 2. The molecule has 3 heteroatoms. The number of benzene rings is 1. The summed E-state index contributed by atoms with van der Waals surface area (Å²) in [6.07, 6.45) is 10.2. The lowest BCUT2D eigenvalue weighted by molar-refractivity contribution is -0.183. The van der Waals surface area contributed by atoms with Gasteiger partial charge < -0.3 is 9.47 Å². The summed E-state index contributed by atoms with van der Waals surface area (Å²) in [4.78, 5) is 2.79. The van der Waals surface area contributed by atoms with Crippen molar-refractivity contribution in [3.8, 4) is 0 Å². The fraction of sp³-hybridized carbons (Fsp3) is 0.727. The van der Waals surface area contributed by atoms with Crippen LogP contribution in [-0.4, -0.2) is 37.0 Å². The minimum atomic E-state index is -0.209. The quantitative estimate of drug-likeness (QED) is 0.797. The Bertz CT molecular complexity index is 596. The van der Waals surface area contributed by atoms with Crippen molar-refractivity contribution in [3.63, 3.8) is 0 Å². The Morgan fingerprint density at radius 1 is 0.920 bits per heavy atom. The molecule has 2 aliphatic carbocycles. The molecule has 1 unspecified atom stereocenters. The average molecular weight is 341 g/mol. The second kappa shape index (κ2) is 6.68. The number of rotatable bonds is 4. The standard InChI is InChI=1S/C22H31NO2/c1-2-5-20(19(4-1)18-7-8-18)21-6-3-13-23(21)16-17-9-11-22(12-10-17)24-14-15-25-22/h1-2,4-5,17-18,21H,3,6-16H2. The maximum Gasteiger partial charge on any atom is 0.168 e. The van der Waals surface area contributed by atoms with Gasteiger partial charge in [0.1, 0.15) is 0 Å². The molecular formula is C22H31NO2. The monoisotopic (exact) mass is 341 g/mol. The molecule has 2 heterocycles. The first-order valence-electron chi connectivity index (χ1n) is 10.4. The molecule has 136 valence electrons. The van der Waals surface area contributed by atoms with Crippen LogP contribution in [0.2, 0.25) is 0 Å². The highest BCUT2D eigenvalue weighted by atomic mass is 16.7. The van der Waals surface area contributed by atoms with Crippen molar-refractivity contribution in [2.75, 3.05) is 26.3 Å². The van der Waals surface area contributed by atoms with E-state index in [0.29, 0.717) is 6.04 Å². The van der Waals surface area contributed by atoms with Gasteiger partial charge in [-0.2, -0.15) is 0 Å². The molecule has 3 nitrogen and oxygen atoms in total. The lowest BCUT2D eigenvalue weighted by atomic mass is 9.84. The highest BCUT2D eigenvalue weighted by molar-refractivity contribution is 5.36. The largest absolute Gasteiger partial charge is 0.348 e. The van der Waals surface area contributed by atoms with Crippen molar-refractivity contribution in [1.82, 2.24) is 4.90 Å².